The molecule has 1 heterocycles. The molecule has 2 atom stereocenters. The molecule has 0 aromatic heterocycles. The van der Waals surface area contributed by atoms with Crippen LogP contribution in [-0.2, 0) is 11.3 Å². The maximum atomic E-state index is 10.9. The van der Waals surface area contributed by atoms with Crippen LogP contribution in [0.1, 0.15) is 18.9 Å². The molecule has 80 valence electrons. The molecular weight excluding hydrogens is 190 g/mol. The van der Waals surface area contributed by atoms with Crippen molar-refractivity contribution in [3.8, 4) is 0 Å². The van der Waals surface area contributed by atoms with Crippen molar-refractivity contribution in [1.29, 1.82) is 0 Å². The summed E-state index contributed by atoms with van der Waals surface area (Å²) in [6.45, 7) is 2.81. The highest BCUT2D eigenvalue weighted by molar-refractivity contribution is 5.74. The van der Waals surface area contributed by atoms with Gasteiger partial charge in [-0.2, -0.15) is 0 Å². The molecule has 15 heavy (non-hydrogen) atoms. The number of hydrogen-bond acceptors (Lipinski definition) is 2. The van der Waals surface area contributed by atoms with Gasteiger partial charge in [0.15, 0.2) is 0 Å². The summed E-state index contributed by atoms with van der Waals surface area (Å²) in [6, 6.07) is 10.1. The van der Waals surface area contributed by atoms with Crippen molar-refractivity contribution in [3.63, 3.8) is 0 Å². The van der Waals surface area contributed by atoms with Crippen LogP contribution in [0.3, 0.4) is 0 Å². The van der Waals surface area contributed by atoms with Gasteiger partial charge >= 0.3 is 5.97 Å². The molecule has 0 saturated carbocycles. The predicted molar refractivity (Wildman–Crippen MR) is 57.5 cm³/mol. The third-order valence-electron chi connectivity index (χ3n) is 3.02. The Kier molecular flexibility index (Phi) is 2.73. The van der Waals surface area contributed by atoms with Gasteiger partial charge in [0.25, 0.3) is 0 Å². The molecule has 0 amide bonds. The Hall–Kier alpha value is -1.35. The number of hydrogen-bond donors (Lipinski definition) is 1. The first-order valence-corrected chi connectivity index (χ1v) is 5.21. The van der Waals surface area contributed by atoms with Crippen molar-refractivity contribution < 1.29 is 9.90 Å². The summed E-state index contributed by atoms with van der Waals surface area (Å²) in [6.07, 6.45) is 0.766. The zero-order valence-electron chi connectivity index (χ0n) is 8.76. The summed E-state index contributed by atoms with van der Waals surface area (Å²) in [5.41, 5.74) is 1.18. The van der Waals surface area contributed by atoms with E-state index < -0.39 is 5.97 Å². The molecule has 1 fully saturated rings. The summed E-state index contributed by atoms with van der Waals surface area (Å²) in [5.74, 6) is -0.705. The van der Waals surface area contributed by atoms with Crippen LogP contribution >= 0.6 is 0 Å². The average Bonchev–Trinajstić information content (AvgIpc) is 2.23. The van der Waals surface area contributed by atoms with E-state index in [0.717, 1.165) is 13.0 Å². The van der Waals surface area contributed by atoms with Crippen molar-refractivity contribution in [3.05, 3.63) is 35.9 Å². The lowest BCUT2D eigenvalue weighted by molar-refractivity contribution is -0.152. The van der Waals surface area contributed by atoms with Crippen LogP contribution in [-0.4, -0.2) is 28.1 Å². The van der Waals surface area contributed by atoms with Crippen LogP contribution in [0, 0.1) is 0 Å². The summed E-state index contributed by atoms with van der Waals surface area (Å²) in [4.78, 5) is 12.9. The topological polar surface area (TPSA) is 40.5 Å². The van der Waals surface area contributed by atoms with Gasteiger partial charge in [-0.25, -0.2) is 0 Å². The monoisotopic (exact) mass is 205 g/mol. The van der Waals surface area contributed by atoms with Gasteiger partial charge in [-0.1, -0.05) is 30.3 Å². The van der Waals surface area contributed by atoms with Gasteiger partial charge in [0, 0.05) is 12.6 Å². The van der Waals surface area contributed by atoms with Crippen molar-refractivity contribution in [2.45, 2.75) is 32.0 Å². The molecule has 1 aliphatic heterocycles. The van der Waals surface area contributed by atoms with Crippen molar-refractivity contribution in [2.24, 2.45) is 0 Å². The van der Waals surface area contributed by atoms with Gasteiger partial charge in [0.1, 0.15) is 6.04 Å². The van der Waals surface area contributed by atoms with E-state index in [0.29, 0.717) is 6.04 Å². The lowest BCUT2D eigenvalue weighted by Gasteiger charge is -2.44. The van der Waals surface area contributed by atoms with E-state index in [1.165, 1.54) is 5.56 Å². The SMILES string of the molecule is CC1CC(C(=O)O)N1Cc1ccccc1. The Morgan fingerprint density at radius 3 is 2.67 bits per heavy atom. The van der Waals surface area contributed by atoms with Crippen LogP contribution in [0.2, 0.25) is 0 Å². The molecule has 1 aromatic carbocycles. The molecular formula is C12H15NO2. The number of carboxylic acids is 1. The summed E-state index contributed by atoms with van der Waals surface area (Å²) in [5, 5.41) is 8.96. The summed E-state index contributed by atoms with van der Waals surface area (Å²) in [7, 11) is 0. The molecule has 0 aliphatic carbocycles. The number of likely N-dealkylation sites (tertiary alicyclic amines) is 1. The Labute approximate surface area is 89.3 Å². The van der Waals surface area contributed by atoms with Crippen molar-refractivity contribution in [1.82, 2.24) is 4.90 Å². The molecule has 1 saturated heterocycles. The number of nitrogens with zero attached hydrogens (tertiary/aromatic N) is 1. The molecule has 0 spiro atoms. The second kappa shape index (κ2) is 4.03. The van der Waals surface area contributed by atoms with Gasteiger partial charge in [0.2, 0.25) is 0 Å². The molecule has 0 radical (unpaired) electrons. The van der Waals surface area contributed by atoms with E-state index in [2.05, 4.69) is 6.92 Å². The molecule has 2 rings (SSSR count). The van der Waals surface area contributed by atoms with Gasteiger partial charge in [-0.05, 0) is 18.9 Å². The number of carboxylic acid groups (broad SMARTS) is 1. The van der Waals surface area contributed by atoms with Gasteiger partial charge in [-0.15, -0.1) is 0 Å². The van der Waals surface area contributed by atoms with Gasteiger partial charge < -0.3 is 5.11 Å². The maximum absolute atomic E-state index is 10.9. The summed E-state index contributed by atoms with van der Waals surface area (Å²) >= 11 is 0. The number of carbonyl (C=O) groups is 1. The minimum Gasteiger partial charge on any atom is -0.480 e. The summed E-state index contributed by atoms with van der Waals surface area (Å²) < 4.78 is 0. The van der Waals surface area contributed by atoms with Crippen LogP contribution in [0.15, 0.2) is 30.3 Å². The fourth-order valence-corrected chi connectivity index (χ4v) is 2.07. The third kappa shape index (κ3) is 2.02. The first kappa shape index (κ1) is 10.2. The highest BCUT2D eigenvalue weighted by Gasteiger charge is 2.39. The molecule has 1 aliphatic rings. The van der Waals surface area contributed by atoms with Crippen LogP contribution < -0.4 is 0 Å². The highest BCUT2D eigenvalue weighted by atomic mass is 16.4. The minimum absolute atomic E-state index is 0.291. The first-order valence-electron chi connectivity index (χ1n) is 5.21. The van der Waals surface area contributed by atoms with Gasteiger partial charge in [-0.3, -0.25) is 9.69 Å². The van der Waals surface area contributed by atoms with E-state index >= 15 is 0 Å². The molecule has 1 aromatic rings. The predicted octanol–water partition coefficient (Wildman–Crippen LogP) is 1.73. The van der Waals surface area contributed by atoms with E-state index in [9.17, 15) is 4.79 Å². The van der Waals surface area contributed by atoms with E-state index in [1.54, 1.807) is 0 Å². The Bertz CT molecular complexity index is 350. The number of rotatable bonds is 3. The third-order valence-corrected chi connectivity index (χ3v) is 3.02. The number of benzene rings is 1. The molecule has 3 nitrogen and oxygen atoms in total. The fraction of sp³-hybridized carbons (Fsp3) is 0.417. The molecule has 0 bridgehead atoms. The standard InChI is InChI=1S/C12H15NO2/c1-9-7-11(12(14)15)13(9)8-10-5-3-2-4-6-10/h2-6,9,11H,7-8H2,1H3,(H,14,15). The van der Waals surface area contributed by atoms with E-state index in [4.69, 9.17) is 5.11 Å². The van der Waals surface area contributed by atoms with Crippen LogP contribution in [0.5, 0.6) is 0 Å². The molecule has 1 N–H and O–H groups in total. The Morgan fingerprint density at radius 1 is 1.47 bits per heavy atom. The Balaban J connectivity index is 2.02. The zero-order valence-corrected chi connectivity index (χ0v) is 8.76. The second-order valence-corrected chi connectivity index (χ2v) is 4.10. The van der Waals surface area contributed by atoms with E-state index in [1.807, 2.05) is 35.2 Å². The highest BCUT2D eigenvalue weighted by Crippen LogP contribution is 2.27. The first-order chi connectivity index (χ1) is 7.18. The van der Waals surface area contributed by atoms with Gasteiger partial charge in [0.05, 0.1) is 0 Å². The fourth-order valence-electron chi connectivity index (χ4n) is 2.07. The van der Waals surface area contributed by atoms with Crippen LogP contribution in [0.4, 0.5) is 0 Å². The van der Waals surface area contributed by atoms with Crippen molar-refractivity contribution >= 4 is 5.97 Å². The zero-order chi connectivity index (χ0) is 10.8. The van der Waals surface area contributed by atoms with Crippen molar-refractivity contribution in [2.75, 3.05) is 0 Å². The number of aliphatic carboxylic acids is 1. The smallest absolute Gasteiger partial charge is 0.320 e. The lowest BCUT2D eigenvalue weighted by atomic mass is 9.93. The van der Waals surface area contributed by atoms with Crippen LogP contribution in [0.25, 0.3) is 0 Å². The minimum atomic E-state index is -0.705. The lowest BCUT2D eigenvalue weighted by Crippen LogP contribution is -2.57. The van der Waals surface area contributed by atoms with E-state index in [-0.39, 0.29) is 6.04 Å². The normalized spacial score (nSPS) is 25.9. The average molecular weight is 205 g/mol. The molecule has 2 unspecified atom stereocenters. The largest absolute Gasteiger partial charge is 0.480 e. The maximum Gasteiger partial charge on any atom is 0.320 e. The quantitative estimate of drug-likeness (QED) is 0.817. The Morgan fingerprint density at radius 2 is 2.13 bits per heavy atom. The molecule has 3 heteroatoms. The second-order valence-electron chi connectivity index (χ2n) is 4.10.